The first-order valence-corrected chi connectivity index (χ1v) is 7.99. The monoisotopic (exact) mass is 324 g/mol. The molecule has 1 aliphatic carbocycles. The van der Waals surface area contributed by atoms with Gasteiger partial charge in [0.25, 0.3) is 0 Å². The predicted molar refractivity (Wildman–Crippen MR) is 89.2 cm³/mol. The Labute approximate surface area is 138 Å². The number of carbonyl (C=O) groups is 1. The summed E-state index contributed by atoms with van der Waals surface area (Å²) in [4.78, 5) is 12.4. The van der Waals surface area contributed by atoms with E-state index in [1.54, 1.807) is 0 Å². The van der Waals surface area contributed by atoms with Crippen LogP contribution in [-0.2, 0) is 9.53 Å². The highest BCUT2D eigenvalue weighted by Gasteiger charge is 2.34. The minimum atomic E-state index is -0.310. The summed E-state index contributed by atoms with van der Waals surface area (Å²) >= 11 is 0. The van der Waals surface area contributed by atoms with Crippen molar-refractivity contribution in [2.45, 2.75) is 56.3 Å². The Kier molecular flexibility index (Phi) is 6.24. The highest BCUT2D eigenvalue weighted by Crippen LogP contribution is 2.34. The Bertz CT molecular complexity index is 483. The molecule has 122 valence electrons. The van der Waals surface area contributed by atoms with Crippen LogP contribution in [0.2, 0.25) is 0 Å². The van der Waals surface area contributed by atoms with Crippen molar-refractivity contribution in [1.82, 2.24) is 5.32 Å². The van der Waals surface area contributed by atoms with Crippen molar-refractivity contribution in [3.8, 4) is 0 Å². The fourth-order valence-corrected chi connectivity index (χ4v) is 3.58. The van der Waals surface area contributed by atoms with Crippen LogP contribution in [0.4, 0.5) is 0 Å². The molecule has 5 heteroatoms. The SMILES string of the molecule is Cl.NC[C@H]1CC[C@@H](C(=O)NC2CCCC2c2ccccc2)O1. The molecule has 0 aromatic heterocycles. The zero-order valence-corrected chi connectivity index (χ0v) is 13.6. The lowest BCUT2D eigenvalue weighted by atomic mass is 9.94. The van der Waals surface area contributed by atoms with Crippen molar-refractivity contribution in [3.63, 3.8) is 0 Å². The molecule has 0 radical (unpaired) electrons. The van der Waals surface area contributed by atoms with Gasteiger partial charge in [0.15, 0.2) is 0 Å². The molecule has 1 heterocycles. The zero-order valence-electron chi connectivity index (χ0n) is 12.7. The molecule has 0 bridgehead atoms. The Morgan fingerprint density at radius 2 is 1.95 bits per heavy atom. The van der Waals surface area contributed by atoms with Crippen molar-refractivity contribution in [1.29, 1.82) is 0 Å². The molecule has 1 saturated carbocycles. The molecule has 1 aromatic carbocycles. The van der Waals surface area contributed by atoms with Crippen LogP contribution in [0, 0.1) is 0 Å². The van der Waals surface area contributed by atoms with Crippen LogP contribution in [-0.4, -0.2) is 30.7 Å². The van der Waals surface area contributed by atoms with Gasteiger partial charge in [-0.3, -0.25) is 4.79 Å². The van der Waals surface area contributed by atoms with Crippen LogP contribution in [0.5, 0.6) is 0 Å². The van der Waals surface area contributed by atoms with Gasteiger partial charge < -0.3 is 15.8 Å². The van der Waals surface area contributed by atoms with Crippen LogP contribution >= 0.6 is 12.4 Å². The van der Waals surface area contributed by atoms with Crippen molar-refractivity contribution >= 4 is 18.3 Å². The molecule has 1 saturated heterocycles. The zero-order chi connectivity index (χ0) is 14.7. The fraction of sp³-hybridized carbons (Fsp3) is 0.588. The first kappa shape index (κ1) is 17.3. The van der Waals surface area contributed by atoms with E-state index < -0.39 is 0 Å². The second-order valence-corrected chi connectivity index (χ2v) is 6.12. The van der Waals surface area contributed by atoms with Crippen LogP contribution in [0.1, 0.15) is 43.6 Å². The Morgan fingerprint density at radius 3 is 2.64 bits per heavy atom. The third-order valence-corrected chi connectivity index (χ3v) is 4.73. The maximum atomic E-state index is 12.4. The molecular formula is C17H25ClN2O2. The molecule has 2 unspecified atom stereocenters. The van der Waals surface area contributed by atoms with Crippen molar-refractivity contribution in [2.24, 2.45) is 5.73 Å². The second-order valence-electron chi connectivity index (χ2n) is 6.12. The van der Waals surface area contributed by atoms with E-state index in [0.29, 0.717) is 12.5 Å². The number of carbonyl (C=O) groups excluding carboxylic acids is 1. The number of ether oxygens (including phenoxy) is 1. The first-order valence-electron chi connectivity index (χ1n) is 7.99. The minimum absolute atomic E-state index is 0. The molecule has 1 aliphatic heterocycles. The third-order valence-electron chi connectivity index (χ3n) is 4.73. The van der Waals surface area contributed by atoms with Crippen molar-refractivity contribution in [3.05, 3.63) is 35.9 Å². The maximum Gasteiger partial charge on any atom is 0.249 e. The summed E-state index contributed by atoms with van der Waals surface area (Å²) in [5.41, 5.74) is 6.93. The second kappa shape index (κ2) is 7.95. The van der Waals surface area contributed by atoms with Gasteiger partial charge in [0, 0.05) is 18.5 Å². The molecule has 4 atom stereocenters. The number of hydrogen-bond acceptors (Lipinski definition) is 3. The van der Waals surface area contributed by atoms with E-state index in [-0.39, 0.29) is 36.6 Å². The molecule has 2 fully saturated rings. The third kappa shape index (κ3) is 3.80. The Hall–Kier alpha value is -1.10. The topological polar surface area (TPSA) is 64.4 Å². The van der Waals surface area contributed by atoms with Gasteiger partial charge in [-0.15, -0.1) is 12.4 Å². The van der Waals surface area contributed by atoms with Gasteiger partial charge in [0.2, 0.25) is 5.91 Å². The van der Waals surface area contributed by atoms with E-state index >= 15 is 0 Å². The summed E-state index contributed by atoms with van der Waals surface area (Å²) in [7, 11) is 0. The van der Waals surface area contributed by atoms with Crippen LogP contribution in [0.3, 0.4) is 0 Å². The minimum Gasteiger partial charge on any atom is -0.364 e. The summed E-state index contributed by atoms with van der Waals surface area (Å²) in [6.45, 7) is 0.500. The van der Waals surface area contributed by atoms with Gasteiger partial charge in [-0.05, 0) is 31.2 Å². The van der Waals surface area contributed by atoms with Crippen LogP contribution in [0.25, 0.3) is 0 Å². The number of rotatable bonds is 4. The highest BCUT2D eigenvalue weighted by atomic mass is 35.5. The van der Waals surface area contributed by atoms with Gasteiger partial charge in [0.1, 0.15) is 6.10 Å². The predicted octanol–water partition coefficient (Wildman–Crippen LogP) is 2.37. The van der Waals surface area contributed by atoms with Crippen molar-refractivity contribution in [2.75, 3.05) is 6.54 Å². The van der Waals surface area contributed by atoms with E-state index in [2.05, 4.69) is 29.6 Å². The van der Waals surface area contributed by atoms with E-state index in [1.807, 2.05) is 6.07 Å². The molecule has 22 heavy (non-hydrogen) atoms. The maximum absolute atomic E-state index is 12.4. The molecule has 3 N–H and O–H groups in total. The number of nitrogens with two attached hydrogens (primary N) is 1. The largest absolute Gasteiger partial charge is 0.364 e. The number of hydrogen-bond donors (Lipinski definition) is 2. The quantitative estimate of drug-likeness (QED) is 0.893. The average molecular weight is 325 g/mol. The molecule has 4 nitrogen and oxygen atoms in total. The molecule has 3 rings (SSSR count). The molecule has 1 amide bonds. The van der Waals surface area contributed by atoms with Gasteiger partial charge in [-0.1, -0.05) is 36.8 Å². The number of halogens is 1. The van der Waals surface area contributed by atoms with Gasteiger partial charge >= 0.3 is 0 Å². The average Bonchev–Trinajstić information content (AvgIpc) is 3.17. The molecular weight excluding hydrogens is 300 g/mol. The molecule has 2 aliphatic rings. The summed E-state index contributed by atoms with van der Waals surface area (Å²) in [5, 5.41) is 3.21. The molecule has 1 aromatic rings. The van der Waals surface area contributed by atoms with E-state index in [1.165, 1.54) is 12.0 Å². The lowest BCUT2D eigenvalue weighted by Crippen LogP contribution is -2.42. The van der Waals surface area contributed by atoms with E-state index in [9.17, 15) is 4.79 Å². The summed E-state index contributed by atoms with van der Waals surface area (Å²) in [5.74, 6) is 0.473. The Balaban J connectivity index is 0.00000176. The van der Waals surface area contributed by atoms with Crippen molar-refractivity contribution < 1.29 is 9.53 Å². The van der Waals surface area contributed by atoms with Gasteiger partial charge in [-0.25, -0.2) is 0 Å². The lowest BCUT2D eigenvalue weighted by molar-refractivity contribution is -0.132. The molecule has 0 spiro atoms. The number of nitrogens with one attached hydrogen (secondary N) is 1. The smallest absolute Gasteiger partial charge is 0.249 e. The highest BCUT2D eigenvalue weighted by molar-refractivity contribution is 5.85. The lowest BCUT2D eigenvalue weighted by Gasteiger charge is -2.23. The normalized spacial score (nSPS) is 30.8. The van der Waals surface area contributed by atoms with Crippen LogP contribution < -0.4 is 11.1 Å². The standard InChI is InChI=1S/C17H24N2O2.ClH/c18-11-13-9-10-16(21-13)17(20)19-15-8-4-7-14(15)12-5-2-1-3-6-12;/h1-3,5-6,13-16H,4,7-11,18H2,(H,19,20);1H/t13-,14?,15?,16+;/m1./s1. The summed E-state index contributed by atoms with van der Waals surface area (Å²) in [6, 6.07) is 10.7. The number of amides is 1. The van der Waals surface area contributed by atoms with E-state index in [4.69, 9.17) is 10.5 Å². The van der Waals surface area contributed by atoms with E-state index in [0.717, 1.165) is 25.7 Å². The van der Waals surface area contributed by atoms with Crippen LogP contribution in [0.15, 0.2) is 30.3 Å². The Morgan fingerprint density at radius 1 is 1.18 bits per heavy atom. The fourth-order valence-electron chi connectivity index (χ4n) is 3.58. The van der Waals surface area contributed by atoms with Gasteiger partial charge in [0.05, 0.1) is 6.10 Å². The number of benzene rings is 1. The first-order chi connectivity index (χ1) is 10.3. The van der Waals surface area contributed by atoms with Gasteiger partial charge in [-0.2, -0.15) is 0 Å². The summed E-state index contributed by atoms with van der Waals surface area (Å²) in [6.07, 6.45) is 4.79. The summed E-state index contributed by atoms with van der Waals surface area (Å²) < 4.78 is 5.69.